The Morgan fingerprint density at radius 2 is 1.80 bits per heavy atom. The third-order valence-electron chi connectivity index (χ3n) is 3.25. The minimum Gasteiger partial charge on any atom is -0.316 e. The molecule has 106 valence electrons. The fourth-order valence-corrected chi connectivity index (χ4v) is 2.38. The van der Waals surface area contributed by atoms with Crippen molar-refractivity contribution in [3.63, 3.8) is 0 Å². The maximum Gasteiger partial charge on any atom is 0.123 e. The first-order valence-electron chi connectivity index (χ1n) is 6.44. The van der Waals surface area contributed by atoms with Crippen LogP contribution in [0, 0.1) is 11.6 Å². The summed E-state index contributed by atoms with van der Waals surface area (Å²) in [7, 11) is 1.83. The average Bonchev–Trinajstić information content (AvgIpc) is 2.42. The Morgan fingerprint density at radius 3 is 2.50 bits per heavy atom. The van der Waals surface area contributed by atoms with E-state index in [1.807, 2.05) is 13.1 Å². The van der Waals surface area contributed by atoms with Crippen molar-refractivity contribution in [1.29, 1.82) is 0 Å². The molecule has 0 saturated carbocycles. The fourth-order valence-electron chi connectivity index (χ4n) is 2.19. The van der Waals surface area contributed by atoms with Crippen LogP contribution in [-0.2, 0) is 12.8 Å². The molecule has 0 aliphatic rings. The molecule has 0 bridgehead atoms. The monoisotopic (exact) mass is 295 g/mol. The number of benzene rings is 2. The van der Waals surface area contributed by atoms with Gasteiger partial charge in [-0.25, -0.2) is 8.78 Å². The molecule has 4 heteroatoms. The van der Waals surface area contributed by atoms with E-state index in [0.717, 1.165) is 11.1 Å². The summed E-state index contributed by atoms with van der Waals surface area (Å²) in [5, 5.41) is 3.71. The Labute approximate surface area is 122 Å². The molecule has 0 aromatic heterocycles. The summed E-state index contributed by atoms with van der Waals surface area (Å²) >= 11 is 6.07. The van der Waals surface area contributed by atoms with E-state index in [4.69, 9.17) is 11.6 Å². The lowest BCUT2D eigenvalue weighted by molar-refractivity contribution is 0.549. The van der Waals surface area contributed by atoms with E-state index in [1.165, 1.54) is 24.3 Å². The van der Waals surface area contributed by atoms with Gasteiger partial charge in [0.2, 0.25) is 0 Å². The van der Waals surface area contributed by atoms with Crippen LogP contribution in [0.1, 0.15) is 11.1 Å². The number of nitrogens with one attached hydrogen (secondary N) is 1. The third-order valence-corrected chi connectivity index (χ3v) is 3.62. The molecule has 0 heterocycles. The highest BCUT2D eigenvalue weighted by molar-refractivity contribution is 6.31. The number of hydrogen-bond acceptors (Lipinski definition) is 1. The number of hydrogen-bond donors (Lipinski definition) is 1. The minimum absolute atomic E-state index is 0.0658. The van der Waals surface area contributed by atoms with Crippen molar-refractivity contribution < 1.29 is 8.78 Å². The normalized spacial score (nSPS) is 12.4. The van der Waals surface area contributed by atoms with Crippen LogP contribution in [0.2, 0.25) is 5.02 Å². The quantitative estimate of drug-likeness (QED) is 0.879. The van der Waals surface area contributed by atoms with Crippen molar-refractivity contribution in [2.75, 3.05) is 7.05 Å². The van der Waals surface area contributed by atoms with E-state index in [9.17, 15) is 8.78 Å². The maximum atomic E-state index is 13.3. The molecular weight excluding hydrogens is 280 g/mol. The molecule has 0 spiro atoms. The van der Waals surface area contributed by atoms with Crippen molar-refractivity contribution in [1.82, 2.24) is 5.32 Å². The molecule has 2 rings (SSSR count). The standard InChI is InChI=1S/C16H16ClF2N/c1-20-15(8-11-3-2-4-13(18)7-11)10-12-9-14(19)5-6-16(12)17/h2-7,9,15,20H,8,10H2,1H3. The van der Waals surface area contributed by atoms with Gasteiger partial charge in [-0.05, 0) is 61.3 Å². The van der Waals surface area contributed by atoms with E-state index in [1.54, 1.807) is 12.1 Å². The van der Waals surface area contributed by atoms with Crippen molar-refractivity contribution in [3.8, 4) is 0 Å². The largest absolute Gasteiger partial charge is 0.316 e. The Balaban J connectivity index is 2.11. The number of rotatable bonds is 5. The zero-order valence-corrected chi connectivity index (χ0v) is 11.9. The summed E-state index contributed by atoms with van der Waals surface area (Å²) in [5.74, 6) is -0.550. The minimum atomic E-state index is -0.301. The summed E-state index contributed by atoms with van der Waals surface area (Å²) < 4.78 is 26.4. The third kappa shape index (κ3) is 4.02. The van der Waals surface area contributed by atoms with Gasteiger partial charge in [-0.1, -0.05) is 23.7 Å². The van der Waals surface area contributed by atoms with E-state index in [0.29, 0.717) is 17.9 Å². The average molecular weight is 296 g/mol. The predicted octanol–water partition coefficient (Wildman–Crippen LogP) is 3.99. The Morgan fingerprint density at radius 1 is 1.05 bits per heavy atom. The van der Waals surface area contributed by atoms with E-state index >= 15 is 0 Å². The van der Waals surface area contributed by atoms with Crippen LogP contribution in [0.25, 0.3) is 0 Å². The molecule has 1 N–H and O–H groups in total. The Hall–Kier alpha value is -1.45. The lowest BCUT2D eigenvalue weighted by Gasteiger charge is -2.17. The van der Waals surface area contributed by atoms with Gasteiger partial charge < -0.3 is 5.32 Å². The van der Waals surface area contributed by atoms with Gasteiger partial charge in [0.1, 0.15) is 11.6 Å². The van der Waals surface area contributed by atoms with Crippen LogP contribution in [0.15, 0.2) is 42.5 Å². The summed E-state index contributed by atoms with van der Waals surface area (Å²) in [6, 6.07) is 10.9. The second-order valence-electron chi connectivity index (χ2n) is 4.76. The first kappa shape index (κ1) is 14.9. The molecule has 0 fully saturated rings. The van der Waals surface area contributed by atoms with Gasteiger partial charge in [0, 0.05) is 11.1 Å². The van der Waals surface area contributed by atoms with Gasteiger partial charge >= 0.3 is 0 Å². The molecule has 0 aliphatic carbocycles. The van der Waals surface area contributed by atoms with Gasteiger partial charge in [-0.15, -0.1) is 0 Å². The van der Waals surface area contributed by atoms with Crippen molar-refractivity contribution >= 4 is 11.6 Å². The van der Waals surface area contributed by atoms with Crippen LogP contribution in [0.5, 0.6) is 0 Å². The lowest BCUT2D eigenvalue weighted by Crippen LogP contribution is -2.30. The molecular formula is C16H16ClF2N. The second kappa shape index (κ2) is 6.82. The van der Waals surface area contributed by atoms with Crippen molar-refractivity contribution in [3.05, 3.63) is 70.2 Å². The molecule has 0 radical (unpaired) electrons. The summed E-state index contributed by atoms with van der Waals surface area (Å²) in [6.07, 6.45) is 1.24. The van der Waals surface area contributed by atoms with Crippen molar-refractivity contribution in [2.24, 2.45) is 0 Å². The molecule has 1 unspecified atom stereocenters. The van der Waals surface area contributed by atoms with E-state index < -0.39 is 0 Å². The smallest absolute Gasteiger partial charge is 0.123 e. The predicted molar refractivity (Wildman–Crippen MR) is 78.1 cm³/mol. The highest BCUT2D eigenvalue weighted by Crippen LogP contribution is 2.20. The van der Waals surface area contributed by atoms with E-state index in [2.05, 4.69) is 5.32 Å². The zero-order chi connectivity index (χ0) is 14.5. The summed E-state index contributed by atoms with van der Waals surface area (Å²) in [5.41, 5.74) is 1.65. The Bertz CT molecular complexity index is 586. The first-order valence-corrected chi connectivity index (χ1v) is 6.82. The lowest BCUT2D eigenvalue weighted by atomic mass is 9.99. The highest BCUT2D eigenvalue weighted by atomic mass is 35.5. The zero-order valence-electron chi connectivity index (χ0n) is 11.2. The van der Waals surface area contributed by atoms with Gasteiger partial charge in [-0.2, -0.15) is 0 Å². The molecule has 0 amide bonds. The van der Waals surface area contributed by atoms with E-state index in [-0.39, 0.29) is 17.7 Å². The van der Waals surface area contributed by atoms with Gasteiger partial charge in [0.05, 0.1) is 0 Å². The van der Waals surface area contributed by atoms with Crippen LogP contribution in [-0.4, -0.2) is 13.1 Å². The fraction of sp³-hybridized carbons (Fsp3) is 0.250. The first-order chi connectivity index (χ1) is 9.58. The molecule has 2 aromatic rings. The molecule has 1 nitrogen and oxygen atoms in total. The van der Waals surface area contributed by atoms with Crippen LogP contribution >= 0.6 is 11.6 Å². The molecule has 0 aliphatic heterocycles. The molecule has 2 aromatic carbocycles. The van der Waals surface area contributed by atoms with Gasteiger partial charge in [0.15, 0.2) is 0 Å². The van der Waals surface area contributed by atoms with Gasteiger partial charge in [0.25, 0.3) is 0 Å². The highest BCUT2D eigenvalue weighted by Gasteiger charge is 2.12. The van der Waals surface area contributed by atoms with Crippen LogP contribution in [0.4, 0.5) is 8.78 Å². The SMILES string of the molecule is CNC(Cc1cccc(F)c1)Cc1cc(F)ccc1Cl. The summed E-state index contributed by atoms with van der Waals surface area (Å²) in [4.78, 5) is 0. The summed E-state index contributed by atoms with van der Waals surface area (Å²) in [6.45, 7) is 0. The number of likely N-dealkylation sites (N-methyl/N-ethyl adjacent to an activating group) is 1. The van der Waals surface area contributed by atoms with Crippen molar-refractivity contribution in [2.45, 2.75) is 18.9 Å². The van der Waals surface area contributed by atoms with Crippen LogP contribution < -0.4 is 5.32 Å². The molecule has 20 heavy (non-hydrogen) atoms. The maximum absolute atomic E-state index is 13.3. The molecule has 0 saturated heterocycles. The van der Waals surface area contributed by atoms with Crippen LogP contribution in [0.3, 0.4) is 0 Å². The Kier molecular flexibility index (Phi) is 5.10. The molecule has 1 atom stereocenters. The number of halogens is 3. The second-order valence-corrected chi connectivity index (χ2v) is 5.17. The topological polar surface area (TPSA) is 12.0 Å². The van der Waals surface area contributed by atoms with Gasteiger partial charge in [-0.3, -0.25) is 0 Å².